The number of carbonyl (C=O) groups excluding carboxylic acids is 1. The van der Waals surface area contributed by atoms with Crippen molar-refractivity contribution in [1.29, 1.82) is 0 Å². The Morgan fingerprint density at radius 1 is 1.22 bits per heavy atom. The maximum Gasteiger partial charge on any atom is 0.270 e. The number of aryl methyl sites for hydroxylation is 1. The van der Waals surface area contributed by atoms with Gasteiger partial charge in [0.25, 0.3) is 11.6 Å². The number of rotatable bonds is 4. The molecule has 0 fully saturated rings. The van der Waals surface area contributed by atoms with Gasteiger partial charge in [0.05, 0.1) is 10.6 Å². The summed E-state index contributed by atoms with van der Waals surface area (Å²) in [6.07, 6.45) is 0. The van der Waals surface area contributed by atoms with Gasteiger partial charge in [-0.05, 0) is 31.2 Å². The molecule has 2 aromatic carbocycles. The number of ether oxygens (including phenoxy) is 2. The van der Waals surface area contributed by atoms with Gasteiger partial charge in [0, 0.05) is 28.1 Å². The molecule has 1 aromatic heterocycles. The molecule has 0 radical (unpaired) electrons. The summed E-state index contributed by atoms with van der Waals surface area (Å²) in [5, 5.41) is 14.0. The van der Waals surface area contributed by atoms with E-state index in [1.807, 2.05) is 25.1 Å². The standard InChI is InChI=1S/C18H13N3O5S/c1-10-16(11-5-6-14-15(8-11)26-9-25-14)19-18(27-10)20-17(22)12-3-2-4-13(7-12)21(23)24/h2-8H,9H2,1H3,(H,19,20,22). The van der Waals surface area contributed by atoms with E-state index in [1.165, 1.54) is 35.6 Å². The fraction of sp³-hybridized carbons (Fsp3) is 0.111. The van der Waals surface area contributed by atoms with Crippen LogP contribution in [-0.2, 0) is 0 Å². The predicted molar refractivity (Wildman–Crippen MR) is 99.5 cm³/mol. The monoisotopic (exact) mass is 383 g/mol. The molecule has 0 spiro atoms. The van der Waals surface area contributed by atoms with Crippen molar-refractivity contribution in [2.75, 3.05) is 12.1 Å². The van der Waals surface area contributed by atoms with E-state index in [2.05, 4.69) is 10.3 Å². The summed E-state index contributed by atoms with van der Waals surface area (Å²) in [5.41, 5.74) is 1.64. The van der Waals surface area contributed by atoms with Gasteiger partial charge in [-0.3, -0.25) is 20.2 Å². The number of amides is 1. The Hall–Kier alpha value is -3.46. The number of anilines is 1. The molecule has 1 N–H and O–H groups in total. The Bertz CT molecular complexity index is 1060. The predicted octanol–water partition coefficient (Wildman–Crippen LogP) is 4.01. The number of benzene rings is 2. The Morgan fingerprint density at radius 2 is 2.04 bits per heavy atom. The fourth-order valence-corrected chi connectivity index (χ4v) is 3.52. The van der Waals surface area contributed by atoms with Crippen molar-refractivity contribution in [2.24, 2.45) is 0 Å². The Labute approximate surface area is 157 Å². The minimum Gasteiger partial charge on any atom is -0.454 e. The first-order chi connectivity index (χ1) is 13.0. The number of nitro groups is 1. The van der Waals surface area contributed by atoms with E-state index in [1.54, 1.807) is 0 Å². The van der Waals surface area contributed by atoms with E-state index in [0.717, 1.165) is 16.1 Å². The number of nitro benzene ring substituents is 1. The molecule has 0 aliphatic carbocycles. The third kappa shape index (κ3) is 3.32. The number of fused-ring (bicyclic) bond motifs is 1. The molecule has 0 bridgehead atoms. The topological polar surface area (TPSA) is 104 Å². The lowest BCUT2D eigenvalue weighted by atomic mass is 10.1. The van der Waals surface area contributed by atoms with Crippen LogP contribution in [0.2, 0.25) is 0 Å². The van der Waals surface area contributed by atoms with Crippen LogP contribution in [0.1, 0.15) is 15.2 Å². The first kappa shape index (κ1) is 17.0. The average molecular weight is 383 g/mol. The molecular formula is C18H13N3O5S. The molecule has 0 unspecified atom stereocenters. The third-order valence-corrected chi connectivity index (χ3v) is 4.87. The molecule has 27 heavy (non-hydrogen) atoms. The molecule has 8 nitrogen and oxygen atoms in total. The summed E-state index contributed by atoms with van der Waals surface area (Å²) in [7, 11) is 0. The van der Waals surface area contributed by atoms with Crippen LogP contribution in [0.25, 0.3) is 11.3 Å². The second-order valence-electron chi connectivity index (χ2n) is 5.75. The zero-order valence-electron chi connectivity index (χ0n) is 14.1. The van der Waals surface area contributed by atoms with Crippen LogP contribution in [0.4, 0.5) is 10.8 Å². The van der Waals surface area contributed by atoms with Gasteiger partial charge >= 0.3 is 0 Å². The molecule has 0 atom stereocenters. The van der Waals surface area contributed by atoms with Crippen molar-refractivity contribution < 1.29 is 19.2 Å². The summed E-state index contributed by atoms with van der Waals surface area (Å²) >= 11 is 1.33. The molecule has 4 rings (SSSR count). The molecule has 1 amide bonds. The first-order valence-corrected chi connectivity index (χ1v) is 8.76. The minimum absolute atomic E-state index is 0.140. The number of thiazole rings is 1. The first-order valence-electron chi connectivity index (χ1n) is 7.94. The van der Waals surface area contributed by atoms with Crippen LogP contribution in [0.3, 0.4) is 0 Å². The van der Waals surface area contributed by atoms with Crippen molar-refractivity contribution in [1.82, 2.24) is 4.98 Å². The van der Waals surface area contributed by atoms with Gasteiger partial charge in [0.2, 0.25) is 6.79 Å². The molecule has 1 aliphatic rings. The molecule has 136 valence electrons. The summed E-state index contributed by atoms with van der Waals surface area (Å²) in [6.45, 7) is 2.10. The average Bonchev–Trinajstić information content (AvgIpc) is 3.27. The second-order valence-corrected chi connectivity index (χ2v) is 6.96. The summed E-state index contributed by atoms with van der Waals surface area (Å²) in [5.74, 6) is 0.887. The molecule has 1 aliphatic heterocycles. The highest BCUT2D eigenvalue weighted by Crippen LogP contribution is 2.38. The number of non-ortho nitro benzene ring substituents is 1. The van der Waals surface area contributed by atoms with E-state index in [9.17, 15) is 14.9 Å². The van der Waals surface area contributed by atoms with Gasteiger partial charge in [0.15, 0.2) is 16.6 Å². The van der Waals surface area contributed by atoms with Gasteiger partial charge < -0.3 is 9.47 Å². The largest absolute Gasteiger partial charge is 0.454 e. The van der Waals surface area contributed by atoms with Crippen LogP contribution < -0.4 is 14.8 Å². The zero-order valence-corrected chi connectivity index (χ0v) is 14.9. The zero-order chi connectivity index (χ0) is 19.0. The quantitative estimate of drug-likeness (QED) is 0.539. The molecular weight excluding hydrogens is 370 g/mol. The Morgan fingerprint density at radius 3 is 2.85 bits per heavy atom. The fourth-order valence-electron chi connectivity index (χ4n) is 2.69. The number of carbonyl (C=O) groups is 1. The van der Waals surface area contributed by atoms with Crippen LogP contribution in [0.15, 0.2) is 42.5 Å². The smallest absolute Gasteiger partial charge is 0.270 e. The maximum absolute atomic E-state index is 12.4. The Kier molecular flexibility index (Phi) is 4.21. The Balaban J connectivity index is 1.57. The summed E-state index contributed by atoms with van der Waals surface area (Å²) < 4.78 is 10.7. The van der Waals surface area contributed by atoms with E-state index in [-0.39, 0.29) is 18.0 Å². The number of aromatic nitrogens is 1. The highest BCUT2D eigenvalue weighted by molar-refractivity contribution is 7.16. The van der Waals surface area contributed by atoms with Gasteiger partial charge in [-0.25, -0.2) is 4.98 Å². The van der Waals surface area contributed by atoms with E-state index in [0.29, 0.717) is 16.6 Å². The van der Waals surface area contributed by atoms with Crippen LogP contribution in [0, 0.1) is 17.0 Å². The molecule has 0 saturated heterocycles. The lowest BCUT2D eigenvalue weighted by molar-refractivity contribution is -0.384. The van der Waals surface area contributed by atoms with Crippen molar-refractivity contribution in [3.63, 3.8) is 0 Å². The maximum atomic E-state index is 12.4. The number of hydrogen-bond acceptors (Lipinski definition) is 7. The van der Waals surface area contributed by atoms with Gasteiger partial charge in [-0.2, -0.15) is 0 Å². The molecule has 3 aromatic rings. The van der Waals surface area contributed by atoms with Crippen LogP contribution in [0.5, 0.6) is 11.5 Å². The minimum atomic E-state index is -0.540. The van der Waals surface area contributed by atoms with Crippen molar-refractivity contribution >= 4 is 28.1 Å². The van der Waals surface area contributed by atoms with Crippen LogP contribution in [-0.4, -0.2) is 22.6 Å². The van der Waals surface area contributed by atoms with E-state index < -0.39 is 10.8 Å². The lowest BCUT2D eigenvalue weighted by Crippen LogP contribution is -2.11. The number of nitrogens with one attached hydrogen (secondary N) is 1. The number of hydrogen-bond donors (Lipinski definition) is 1. The normalized spacial score (nSPS) is 12.0. The van der Waals surface area contributed by atoms with Gasteiger partial charge in [0.1, 0.15) is 0 Å². The highest BCUT2D eigenvalue weighted by atomic mass is 32.1. The van der Waals surface area contributed by atoms with Crippen molar-refractivity contribution in [3.8, 4) is 22.8 Å². The van der Waals surface area contributed by atoms with E-state index in [4.69, 9.17) is 9.47 Å². The van der Waals surface area contributed by atoms with Crippen LogP contribution >= 0.6 is 11.3 Å². The summed E-state index contributed by atoms with van der Waals surface area (Å²) in [6, 6.07) is 11.1. The SMILES string of the molecule is Cc1sc(NC(=O)c2cccc([N+](=O)[O-])c2)nc1-c1ccc2c(c1)OCO2. The molecule has 0 saturated carbocycles. The van der Waals surface area contributed by atoms with Gasteiger partial charge in [-0.1, -0.05) is 6.07 Å². The third-order valence-electron chi connectivity index (χ3n) is 3.98. The molecule has 2 heterocycles. The molecule has 9 heteroatoms. The van der Waals surface area contributed by atoms with Crippen molar-refractivity contribution in [2.45, 2.75) is 6.92 Å². The van der Waals surface area contributed by atoms with Crippen molar-refractivity contribution in [3.05, 3.63) is 63.0 Å². The van der Waals surface area contributed by atoms with Gasteiger partial charge in [-0.15, -0.1) is 11.3 Å². The highest BCUT2D eigenvalue weighted by Gasteiger charge is 2.18. The lowest BCUT2D eigenvalue weighted by Gasteiger charge is -2.02. The van der Waals surface area contributed by atoms with E-state index >= 15 is 0 Å². The summed E-state index contributed by atoms with van der Waals surface area (Å²) in [4.78, 5) is 28.1. The number of nitrogens with zero attached hydrogens (tertiary/aromatic N) is 2. The second kappa shape index (κ2) is 6.69.